The van der Waals surface area contributed by atoms with Gasteiger partial charge in [-0.15, -0.1) is 0 Å². The number of urea groups is 1. The molecule has 0 spiro atoms. The number of fused-ring (bicyclic) bond motifs is 1. The zero-order valence-corrected chi connectivity index (χ0v) is 19.1. The van der Waals surface area contributed by atoms with Crippen molar-refractivity contribution in [2.75, 3.05) is 37.5 Å². The number of rotatable bonds is 10. The maximum absolute atomic E-state index is 14.8. The van der Waals surface area contributed by atoms with E-state index in [0.29, 0.717) is 42.2 Å². The molecular formula is C24H26F3N5O3. The Kier molecular flexibility index (Phi) is 7.54. The van der Waals surface area contributed by atoms with E-state index >= 15 is 0 Å². The fraction of sp³-hybridized carbons (Fsp3) is 0.375. The number of aromatic nitrogens is 2. The van der Waals surface area contributed by atoms with Crippen LogP contribution in [0.25, 0.3) is 10.9 Å². The molecule has 1 saturated carbocycles. The molecule has 1 fully saturated rings. The first-order valence-corrected chi connectivity index (χ1v) is 11.2. The fourth-order valence-electron chi connectivity index (χ4n) is 3.87. The zero-order valence-electron chi connectivity index (χ0n) is 19.1. The second kappa shape index (κ2) is 10.8. The van der Waals surface area contributed by atoms with Gasteiger partial charge in [0.05, 0.1) is 17.5 Å². The third-order valence-electron chi connectivity index (χ3n) is 5.64. The summed E-state index contributed by atoms with van der Waals surface area (Å²) in [5.41, 5.74) is 1.55. The Morgan fingerprint density at radius 3 is 2.57 bits per heavy atom. The number of hydrogen-bond donors (Lipinski definition) is 3. The van der Waals surface area contributed by atoms with E-state index < -0.39 is 17.8 Å². The molecule has 0 bridgehead atoms. The van der Waals surface area contributed by atoms with Crippen molar-refractivity contribution in [3.8, 4) is 5.75 Å². The summed E-state index contributed by atoms with van der Waals surface area (Å²) >= 11 is 0. The van der Waals surface area contributed by atoms with Gasteiger partial charge >= 0.3 is 6.03 Å². The molecule has 3 N–H and O–H groups in total. The number of carbonyl (C=O) groups is 1. The lowest BCUT2D eigenvalue weighted by molar-refractivity contribution is -0.111. The average molecular weight is 489 g/mol. The summed E-state index contributed by atoms with van der Waals surface area (Å²) in [4.78, 5) is 20.3. The SMILES string of the molecule is COCCOc1cc(F)c2c(Nc3ccc(NC(=O)NCCC4CC(F)(F)C4)cc3)ncnc2c1. The first-order chi connectivity index (χ1) is 16.8. The summed E-state index contributed by atoms with van der Waals surface area (Å²) in [7, 11) is 1.55. The van der Waals surface area contributed by atoms with E-state index in [2.05, 4.69) is 25.9 Å². The van der Waals surface area contributed by atoms with E-state index in [1.807, 2.05) is 0 Å². The van der Waals surface area contributed by atoms with Crippen molar-refractivity contribution in [3.63, 3.8) is 0 Å². The molecule has 8 nitrogen and oxygen atoms in total. The molecule has 11 heteroatoms. The molecule has 2 aromatic carbocycles. The van der Waals surface area contributed by atoms with Gasteiger partial charge in [-0.25, -0.2) is 27.9 Å². The Bertz CT molecular complexity index is 1170. The summed E-state index contributed by atoms with van der Waals surface area (Å²) in [5, 5.41) is 8.65. The molecule has 1 aliphatic rings. The molecule has 0 atom stereocenters. The number of ether oxygens (including phenoxy) is 2. The van der Waals surface area contributed by atoms with Crippen LogP contribution in [0.3, 0.4) is 0 Å². The molecule has 186 valence electrons. The Morgan fingerprint density at radius 1 is 1.11 bits per heavy atom. The Balaban J connectivity index is 1.33. The third kappa shape index (κ3) is 6.50. The number of halogens is 3. The summed E-state index contributed by atoms with van der Waals surface area (Å²) in [6.45, 7) is 0.998. The number of hydrogen-bond acceptors (Lipinski definition) is 6. The van der Waals surface area contributed by atoms with Crippen molar-refractivity contribution in [2.45, 2.75) is 25.2 Å². The highest BCUT2D eigenvalue weighted by atomic mass is 19.3. The minimum Gasteiger partial charge on any atom is -0.491 e. The lowest BCUT2D eigenvalue weighted by atomic mass is 9.79. The van der Waals surface area contributed by atoms with Gasteiger partial charge in [0.15, 0.2) is 0 Å². The van der Waals surface area contributed by atoms with Gasteiger partial charge in [0.25, 0.3) is 0 Å². The van der Waals surface area contributed by atoms with Crippen molar-refractivity contribution in [2.24, 2.45) is 5.92 Å². The zero-order chi connectivity index (χ0) is 24.8. The second-order valence-corrected chi connectivity index (χ2v) is 8.36. The van der Waals surface area contributed by atoms with Crippen molar-refractivity contribution in [1.29, 1.82) is 0 Å². The number of benzene rings is 2. The quantitative estimate of drug-likeness (QED) is 0.343. The molecule has 0 saturated heterocycles. The lowest BCUT2D eigenvalue weighted by Gasteiger charge is -2.34. The predicted molar refractivity (Wildman–Crippen MR) is 126 cm³/mol. The molecule has 4 rings (SSSR count). The molecule has 1 heterocycles. The van der Waals surface area contributed by atoms with E-state index in [4.69, 9.17) is 9.47 Å². The van der Waals surface area contributed by atoms with Gasteiger partial charge < -0.3 is 25.4 Å². The average Bonchev–Trinajstić information content (AvgIpc) is 2.79. The van der Waals surface area contributed by atoms with Crippen molar-refractivity contribution < 1.29 is 27.4 Å². The van der Waals surface area contributed by atoms with Gasteiger partial charge in [-0.3, -0.25) is 0 Å². The van der Waals surface area contributed by atoms with Crippen LogP contribution in [-0.4, -0.2) is 48.8 Å². The predicted octanol–water partition coefficient (Wildman–Crippen LogP) is 5.09. The molecule has 3 aromatic rings. The molecular weight excluding hydrogens is 463 g/mol. The van der Waals surface area contributed by atoms with Gasteiger partial charge in [-0.2, -0.15) is 0 Å². The van der Waals surface area contributed by atoms with Gasteiger partial charge in [0.2, 0.25) is 5.92 Å². The highest BCUT2D eigenvalue weighted by molar-refractivity contribution is 5.92. The smallest absolute Gasteiger partial charge is 0.319 e. The molecule has 2 amide bonds. The summed E-state index contributed by atoms with van der Waals surface area (Å²) in [6, 6.07) is 9.26. The van der Waals surface area contributed by atoms with Gasteiger partial charge in [-0.05, 0) is 36.6 Å². The van der Waals surface area contributed by atoms with Crippen LogP contribution in [0, 0.1) is 11.7 Å². The third-order valence-corrected chi connectivity index (χ3v) is 5.64. The largest absolute Gasteiger partial charge is 0.491 e. The van der Waals surface area contributed by atoms with Crippen LogP contribution in [0.2, 0.25) is 0 Å². The number of methoxy groups -OCH3 is 1. The molecule has 35 heavy (non-hydrogen) atoms. The normalized spacial score (nSPS) is 14.9. The van der Waals surface area contributed by atoms with E-state index in [1.54, 1.807) is 37.4 Å². The van der Waals surface area contributed by atoms with E-state index in [0.717, 1.165) is 0 Å². The Labute approximate surface area is 200 Å². The van der Waals surface area contributed by atoms with Gasteiger partial charge in [0, 0.05) is 50.0 Å². The summed E-state index contributed by atoms with van der Waals surface area (Å²) in [5.74, 6) is -2.49. The molecule has 0 radical (unpaired) electrons. The summed E-state index contributed by atoms with van der Waals surface area (Å²) in [6.07, 6.45) is 1.63. The monoisotopic (exact) mass is 489 g/mol. The molecule has 1 aliphatic carbocycles. The topological polar surface area (TPSA) is 97.4 Å². The molecule has 1 aromatic heterocycles. The van der Waals surface area contributed by atoms with Crippen LogP contribution in [0.5, 0.6) is 5.75 Å². The maximum Gasteiger partial charge on any atom is 0.319 e. The summed E-state index contributed by atoms with van der Waals surface area (Å²) < 4.78 is 50.9. The first kappa shape index (κ1) is 24.5. The maximum atomic E-state index is 14.8. The molecule has 0 unspecified atom stereocenters. The number of amides is 2. The van der Waals surface area contributed by atoms with Crippen LogP contribution in [-0.2, 0) is 4.74 Å². The highest BCUT2D eigenvalue weighted by Crippen LogP contribution is 2.43. The standard InChI is InChI=1S/C24H26F3N5O3/c1-34-8-9-35-18-10-19(25)21-20(11-18)29-14-30-22(21)31-16-2-4-17(5-3-16)32-23(33)28-7-6-15-12-24(26,27)13-15/h2-5,10-11,14-15H,6-9,12-13H2,1H3,(H2,28,32,33)(H,29,30,31). The second-order valence-electron chi connectivity index (χ2n) is 8.36. The van der Waals surface area contributed by atoms with E-state index in [1.165, 1.54) is 12.4 Å². The van der Waals surface area contributed by atoms with Crippen LogP contribution in [0.4, 0.5) is 35.2 Å². The first-order valence-electron chi connectivity index (χ1n) is 11.2. The van der Waals surface area contributed by atoms with Gasteiger partial charge in [-0.1, -0.05) is 0 Å². The number of nitrogens with one attached hydrogen (secondary N) is 3. The van der Waals surface area contributed by atoms with Crippen LogP contribution >= 0.6 is 0 Å². The fourth-order valence-corrected chi connectivity index (χ4v) is 3.87. The number of anilines is 3. The minimum atomic E-state index is -2.55. The van der Waals surface area contributed by atoms with Crippen LogP contribution < -0.4 is 20.7 Å². The number of alkyl halides is 2. The van der Waals surface area contributed by atoms with Crippen LogP contribution in [0.1, 0.15) is 19.3 Å². The minimum absolute atomic E-state index is 0.0480. The Morgan fingerprint density at radius 2 is 1.86 bits per heavy atom. The highest BCUT2D eigenvalue weighted by Gasteiger charge is 2.44. The number of nitrogens with zero attached hydrogens (tertiary/aromatic N) is 2. The lowest BCUT2D eigenvalue weighted by Crippen LogP contribution is -2.38. The van der Waals surface area contributed by atoms with E-state index in [-0.39, 0.29) is 36.6 Å². The molecule has 0 aliphatic heterocycles. The van der Waals surface area contributed by atoms with Crippen molar-refractivity contribution >= 4 is 34.1 Å². The van der Waals surface area contributed by atoms with Crippen molar-refractivity contribution in [1.82, 2.24) is 15.3 Å². The Hall–Kier alpha value is -3.60. The van der Waals surface area contributed by atoms with Crippen LogP contribution in [0.15, 0.2) is 42.7 Å². The van der Waals surface area contributed by atoms with Crippen molar-refractivity contribution in [3.05, 3.63) is 48.5 Å². The van der Waals surface area contributed by atoms with E-state index in [9.17, 15) is 18.0 Å². The number of carbonyl (C=O) groups excluding carboxylic acids is 1. The van der Waals surface area contributed by atoms with Gasteiger partial charge in [0.1, 0.15) is 30.3 Å².